The van der Waals surface area contributed by atoms with E-state index in [1.54, 1.807) is 31.4 Å². The van der Waals surface area contributed by atoms with Gasteiger partial charge in [0.1, 0.15) is 11.5 Å². The highest BCUT2D eigenvalue weighted by molar-refractivity contribution is 5.96. The van der Waals surface area contributed by atoms with Gasteiger partial charge in [-0.15, -0.1) is 0 Å². The molecular formula is C26H30O4. The van der Waals surface area contributed by atoms with E-state index in [-0.39, 0.29) is 5.78 Å². The number of ketones is 1. The van der Waals surface area contributed by atoms with Crippen molar-refractivity contribution >= 4 is 16.6 Å². The summed E-state index contributed by atoms with van der Waals surface area (Å²) in [6, 6.07) is 19.6. The van der Waals surface area contributed by atoms with Crippen LogP contribution in [0, 0.1) is 0 Å². The molecule has 0 saturated carbocycles. The molecule has 0 N–H and O–H groups in total. The third-order valence-electron chi connectivity index (χ3n) is 5.45. The quantitative estimate of drug-likeness (QED) is 0.290. The minimum absolute atomic E-state index is 0.0354. The average molecular weight is 407 g/mol. The lowest BCUT2D eigenvalue weighted by Crippen LogP contribution is -2.18. The Morgan fingerprint density at radius 2 is 1.63 bits per heavy atom. The fourth-order valence-electron chi connectivity index (χ4n) is 3.51. The lowest BCUT2D eigenvalue weighted by molar-refractivity contribution is -0.0645. The Morgan fingerprint density at radius 1 is 0.933 bits per heavy atom. The number of carbonyl (C=O) groups excluding carboxylic acids is 1. The van der Waals surface area contributed by atoms with Crippen LogP contribution in [0.15, 0.2) is 60.7 Å². The van der Waals surface area contributed by atoms with Gasteiger partial charge in [0.15, 0.2) is 12.1 Å². The molecular weight excluding hydrogens is 376 g/mol. The first-order valence-corrected chi connectivity index (χ1v) is 10.5. The van der Waals surface area contributed by atoms with Crippen LogP contribution in [-0.2, 0) is 4.74 Å². The van der Waals surface area contributed by atoms with Crippen molar-refractivity contribution < 1.29 is 19.0 Å². The van der Waals surface area contributed by atoms with E-state index >= 15 is 0 Å². The van der Waals surface area contributed by atoms with E-state index in [0.29, 0.717) is 24.5 Å². The van der Waals surface area contributed by atoms with E-state index in [4.69, 9.17) is 14.2 Å². The summed E-state index contributed by atoms with van der Waals surface area (Å²) in [4.78, 5) is 12.3. The molecule has 0 aliphatic rings. The van der Waals surface area contributed by atoms with Crippen molar-refractivity contribution in [3.63, 3.8) is 0 Å². The molecule has 0 fully saturated rings. The Labute approximate surface area is 178 Å². The first kappa shape index (κ1) is 21.8. The van der Waals surface area contributed by atoms with Crippen molar-refractivity contribution in [2.24, 2.45) is 0 Å². The average Bonchev–Trinajstić information content (AvgIpc) is 2.78. The van der Waals surface area contributed by atoms with Crippen molar-refractivity contribution in [3.8, 4) is 11.5 Å². The van der Waals surface area contributed by atoms with Gasteiger partial charge in [0.05, 0.1) is 13.7 Å². The maximum Gasteiger partial charge on any atom is 0.197 e. The Bertz CT molecular complexity index is 978. The fourth-order valence-corrected chi connectivity index (χ4v) is 3.51. The molecule has 3 aromatic rings. The zero-order valence-electron chi connectivity index (χ0n) is 18.2. The Balaban J connectivity index is 1.60. The number of rotatable bonds is 10. The van der Waals surface area contributed by atoms with Crippen LogP contribution in [-0.4, -0.2) is 25.8 Å². The normalized spacial score (nSPS) is 13.1. The van der Waals surface area contributed by atoms with Crippen LogP contribution in [0.5, 0.6) is 11.5 Å². The second kappa shape index (κ2) is 10.3. The summed E-state index contributed by atoms with van der Waals surface area (Å²) >= 11 is 0. The number of fused-ring (bicyclic) bond motifs is 1. The minimum Gasteiger partial charge on any atom is -0.497 e. The third kappa shape index (κ3) is 5.19. The molecule has 2 atom stereocenters. The Kier molecular flexibility index (Phi) is 7.47. The van der Waals surface area contributed by atoms with Gasteiger partial charge in [-0.2, -0.15) is 0 Å². The van der Waals surface area contributed by atoms with E-state index in [9.17, 15) is 4.79 Å². The van der Waals surface area contributed by atoms with E-state index < -0.39 is 6.29 Å². The minimum atomic E-state index is -0.452. The van der Waals surface area contributed by atoms with Gasteiger partial charge >= 0.3 is 0 Å². The molecule has 2 unspecified atom stereocenters. The molecule has 0 saturated heterocycles. The van der Waals surface area contributed by atoms with Crippen LogP contribution in [0.3, 0.4) is 0 Å². The van der Waals surface area contributed by atoms with Gasteiger partial charge in [-0.1, -0.05) is 44.2 Å². The van der Waals surface area contributed by atoms with Gasteiger partial charge in [0.2, 0.25) is 0 Å². The Morgan fingerprint density at radius 3 is 2.33 bits per heavy atom. The summed E-state index contributed by atoms with van der Waals surface area (Å²) in [6.07, 6.45) is 0.936. The summed E-state index contributed by atoms with van der Waals surface area (Å²) in [7, 11) is 1.60. The number of Topliss-reactive ketones (excluding diaryl/α,β-unsaturated/α-hetero) is 1. The lowest BCUT2D eigenvalue weighted by Gasteiger charge is -2.18. The van der Waals surface area contributed by atoms with Crippen LogP contribution >= 0.6 is 0 Å². The van der Waals surface area contributed by atoms with Crippen LogP contribution in [0.4, 0.5) is 0 Å². The molecule has 0 aromatic heterocycles. The van der Waals surface area contributed by atoms with Crippen LogP contribution in [0.2, 0.25) is 0 Å². The van der Waals surface area contributed by atoms with Crippen molar-refractivity contribution in [2.75, 3.05) is 13.7 Å². The number of benzene rings is 3. The molecule has 4 heteroatoms. The van der Waals surface area contributed by atoms with E-state index in [1.807, 2.05) is 19.1 Å². The van der Waals surface area contributed by atoms with Crippen molar-refractivity contribution in [1.82, 2.24) is 0 Å². The number of hydrogen-bond acceptors (Lipinski definition) is 4. The molecule has 0 aliphatic heterocycles. The zero-order chi connectivity index (χ0) is 21.5. The highest BCUT2D eigenvalue weighted by Gasteiger charge is 2.13. The number of hydrogen-bond donors (Lipinski definition) is 0. The second-order valence-corrected chi connectivity index (χ2v) is 7.47. The lowest BCUT2D eigenvalue weighted by atomic mass is 9.93. The highest BCUT2D eigenvalue weighted by Crippen LogP contribution is 2.33. The standard InChI is InChI=1S/C26H30O4/c1-5-18(2)22-8-6-10-24-23(22)9-7-11-26(24)30-19(3)29-17-16-25(27)20-12-14-21(28-4)15-13-20/h6-15,18-19H,5,16-17H2,1-4H3. The number of ether oxygens (including phenoxy) is 3. The van der Waals surface area contributed by atoms with E-state index in [2.05, 4.69) is 38.1 Å². The van der Waals surface area contributed by atoms with Crippen molar-refractivity contribution in [2.45, 2.75) is 45.8 Å². The smallest absolute Gasteiger partial charge is 0.197 e. The molecule has 0 spiro atoms. The van der Waals surface area contributed by atoms with Crippen molar-refractivity contribution in [1.29, 1.82) is 0 Å². The Hall–Kier alpha value is -2.85. The SMILES string of the molecule is CCC(C)c1cccc2c(OC(C)OCCC(=O)c3ccc(OC)cc3)cccc12. The largest absolute Gasteiger partial charge is 0.497 e. The molecule has 30 heavy (non-hydrogen) atoms. The monoisotopic (exact) mass is 406 g/mol. The molecule has 4 nitrogen and oxygen atoms in total. The third-order valence-corrected chi connectivity index (χ3v) is 5.45. The first-order valence-electron chi connectivity index (χ1n) is 10.5. The summed E-state index contributed by atoms with van der Waals surface area (Å²) in [5.41, 5.74) is 1.98. The molecule has 158 valence electrons. The zero-order valence-corrected chi connectivity index (χ0v) is 18.2. The fraction of sp³-hybridized carbons (Fsp3) is 0.346. The molecule has 0 aliphatic carbocycles. The molecule has 0 radical (unpaired) electrons. The van der Waals surface area contributed by atoms with Crippen LogP contribution in [0.1, 0.15) is 55.5 Å². The number of carbonyl (C=O) groups is 1. The van der Waals surface area contributed by atoms with Gasteiger partial charge in [0, 0.05) is 17.4 Å². The van der Waals surface area contributed by atoms with E-state index in [1.165, 1.54) is 10.9 Å². The van der Waals surface area contributed by atoms with Crippen molar-refractivity contribution in [3.05, 3.63) is 71.8 Å². The van der Waals surface area contributed by atoms with Gasteiger partial charge < -0.3 is 14.2 Å². The topological polar surface area (TPSA) is 44.8 Å². The molecule has 0 heterocycles. The van der Waals surface area contributed by atoms with Gasteiger partial charge in [-0.05, 0) is 60.5 Å². The maximum atomic E-state index is 12.3. The first-order chi connectivity index (χ1) is 14.5. The van der Waals surface area contributed by atoms with E-state index in [0.717, 1.165) is 23.3 Å². The summed E-state index contributed by atoms with van der Waals surface area (Å²) < 4.78 is 16.9. The molecule has 0 bridgehead atoms. The predicted molar refractivity (Wildman–Crippen MR) is 121 cm³/mol. The van der Waals surface area contributed by atoms with Gasteiger partial charge in [0.25, 0.3) is 0 Å². The summed E-state index contributed by atoms with van der Waals surface area (Å²) in [5.74, 6) is 2.05. The second-order valence-electron chi connectivity index (χ2n) is 7.47. The van der Waals surface area contributed by atoms with Gasteiger partial charge in [-0.25, -0.2) is 0 Å². The molecule has 0 amide bonds. The highest BCUT2D eigenvalue weighted by atomic mass is 16.7. The number of methoxy groups -OCH3 is 1. The molecule has 3 aromatic carbocycles. The summed E-state index contributed by atoms with van der Waals surface area (Å²) in [6.45, 7) is 6.60. The maximum absolute atomic E-state index is 12.3. The summed E-state index contributed by atoms with van der Waals surface area (Å²) in [5, 5.41) is 2.30. The van der Waals surface area contributed by atoms with Gasteiger partial charge in [-0.3, -0.25) is 4.79 Å². The van der Waals surface area contributed by atoms with Crippen LogP contribution < -0.4 is 9.47 Å². The van der Waals surface area contributed by atoms with Crippen LogP contribution in [0.25, 0.3) is 10.8 Å². The molecule has 3 rings (SSSR count). The predicted octanol–water partition coefficient (Wildman–Crippen LogP) is 6.38.